The Morgan fingerprint density at radius 3 is 2.14 bits per heavy atom. The summed E-state index contributed by atoms with van der Waals surface area (Å²) < 4.78 is 0. The van der Waals surface area contributed by atoms with Crippen LogP contribution < -0.4 is 0 Å². The molecule has 0 spiro atoms. The molecule has 4 heteroatoms. The van der Waals surface area contributed by atoms with Gasteiger partial charge in [-0.25, -0.2) is 0 Å². The van der Waals surface area contributed by atoms with Gasteiger partial charge in [0.2, 0.25) is 0 Å². The maximum absolute atomic E-state index is 12.3. The lowest BCUT2D eigenvalue weighted by Crippen LogP contribution is -2.61. The molecule has 2 N–H and O–H groups in total. The van der Waals surface area contributed by atoms with Crippen molar-refractivity contribution in [3.8, 4) is 0 Å². The van der Waals surface area contributed by atoms with E-state index in [2.05, 4.69) is 27.7 Å². The molecule has 4 unspecified atom stereocenters. The molecule has 1 rings (SSSR count). The fraction of sp³-hybridized carbons (Fsp3) is 0.889. The third kappa shape index (κ3) is 2.77. The van der Waals surface area contributed by atoms with E-state index in [0.717, 1.165) is 19.3 Å². The molecule has 0 heterocycles. The van der Waals surface area contributed by atoms with Crippen molar-refractivity contribution in [2.24, 2.45) is 28.1 Å². The molecule has 4 atom stereocenters. The van der Waals surface area contributed by atoms with E-state index in [1.165, 1.54) is 0 Å². The van der Waals surface area contributed by atoms with Crippen LogP contribution in [0.1, 0.15) is 73.6 Å². The molecular formula is C18H32O4. The Bertz CT molecular complexity index is 442. The first-order chi connectivity index (χ1) is 9.95. The van der Waals surface area contributed by atoms with Gasteiger partial charge in [-0.15, -0.1) is 0 Å². The highest BCUT2D eigenvalue weighted by Gasteiger charge is 2.66. The number of unbranched alkanes of at least 4 members (excludes halogenated alkanes) is 1. The molecule has 0 radical (unpaired) electrons. The van der Waals surface area contributed by atoms with Crippen LogP contribution in [0.15, 0.2) is 0 Å². The molecule has 0 aliphatic heterocycles. The Hall–Kier alpha value is -1.06. The molecule has 1 aliphatic carbocycles. The molecule has 1 saturated carbocycles. The van der Waals surface area contributed by atoms with Crippen LogP contribution >= 0.6 is 0 Å². The van der Waals surface area contributed by atoms with Crippen LogP contribution in [-0.2, 0) is 9.59 Å². The van der Waals surface area contributed by atoms with E-state index in [1.54, 1.807) is 6.92 Å². The Labute approximate surface area is 134 Å². The summed E-state index contributed by atoms with van der Waals surface area (Å²) in [6.45, 7) is 11.8. The molecule has 1 fully saturated rings. The summed E-state index contributed by atoms with van der Waals surface area (Å²) in [5.74, 6) is -1.88. The highest BCUT2D eigenvalue weighted by Crippen LogP contribution is 2.62. The van der Waals surface area contributed by atoms with Crippen LogP contribution in [0.25, 0.3) is 0 Å². The van der Waals surface area contributed by atoms with E-state index in [1.807, 2.05) is 6.92 Å². The van der Waals surface area contributed by atoms with Gasteiger partial charge in [-0.3, -0.25) is 9.59 Å². The Balaban J connectivity index is 3.43. The minimum Gasteiger partial charge on any atom is -0.481 e. The first-order valence-electron chi connectivity index (χ1n) is 8.42. The zero-order valence-corrected chi connectivity index (χ0v) is 14.9. The quantitative estimate of drug-likeness (QED) is 0.760. The predicted octanol–water partition coefficient (Wildman–Crippen LogP) is 4.43. The minimum absolute atomic E-state index is 0.149. The van der Waals surface area contributed by atoms with Crippen LogP contribution in [0.2, 0.25) is 0 Å². The number of carboxylic acids is 2. The summed E-state index contributed by atoms with van der Waals surface area (Å²) in [5, 5.41) is 20.0. The lowest BCUT2D eigenvalue weighted by molar-refractivity contribution is -0.196. The van der Waals surface area contributed by atoms with E-state index >= 15 is 0 Å². The van der Waals surface area contributed by atoms with Gasteiger partial charge in [0.15, 0.2) is 0 Å². The summed E-state index contributed by atoms with van der Waals surface area (Å²) in [6, 6.07) is 0. The monoisotopic (exact) mass is 312 g/mol. The third-order valence-electron chi connectivity index (χ3n) is 6.44. The van der Waals surface area contributed by atoms with Crippen molar-refractivity contribution in [3.05, 3.63) is 0 Å². The first-order valence-corrected chi connectivity index (χ1v) is 8.42. The molecule has 1 aliphatic rings. The maximum Gasteiger partial charge on any atom is 0.311 e. The third-order valence-corrected chi connectivity index (χ3v) is 6.44. The standard InChI is InChI=1S/C18H32O4/c1-7-8-9-12(2)18(15(21)22)10-13(3)16(4,5)11-17(18,6)14(19)20/h12-13H,7-11H2,1-6H3,(H,19,20)(H,21,22). The number of hydrogen-bond acceptors (Lipinski definition) is 2. The van der Waals surface area contributed by atoms with Gasteiger partial charge in [-0.1, -0.05) is 47.5 Å². The largest absolute Gasteiger partial charge is 0.481 e. The molecule has 22 heavy (non-hydrogen) atoms. The molecular weight excluding hydrogens is 280 g/mol. The van der Waals surface area contributed by atoms with Crippen molar-refractivity contribution in [1.29, 1.82) is 0 Å². The lowest BCUT2D eigenvalue weighted by atomic mass is 9.44. The van der Waals surface area contributed by atoms with Crippen LogP contribution in [0.5, 0.6) is 0 Å². The van der Waals surface area contributed by atoms with Gasteiger partial charge in [-0.2, -0.15) is 0 Å². The second-order valence-electron chi connectivity index (χ2n) is 8.23. The average molecular weight is 312 g/mol. The van der Waals surface area contributed by atoms with E-state index in [-0.39, 0.29) is 17.3 Å². The fourth-order valence-electron chi connectivity index (χ4n) is 4.53. The molecule has 128 valence electrons. The van der Waals surface area contributed by atoms with Crippen molar-refractivity contribution in [2.45, 2.75) is 73.6 Å². The second-order valence-corrected chi connectivity index (χ2v) is 8.23. The molecule has 0 saturated heterocycles. The van der Waals surface area contributed by atoms with Crippen LogP contribution in [0, 0.1) is 28.1 Å². The Morgan fingerprint density at radius 1 is 1.18 bits per heavy atom. The number of carbonyl (C=O) groups is 2. The lowest BCUT2D eigenvalue weighted by Gasteiger charge is -2.57. The van der Waals surface area contributed by atoms with Gasteiger partial charge in [0, 0.05) is 0 Å². The Kier molecular flexibility index (Phi) is 5.36. The van der Waals surface area contributed by atoms with Crippen molar-refractivity contribution >= 4 is 11.9 Å². The molecule has 0 bridgehead atoms. The molecule has 0 aromatic heterocycles. The van der Waals surface area contributed by atoms with Gasteiger partial charge in [0.05, 0.1) is 10.8 Å². The zero-order valence-electron chi connectivity index (χ0n) is 14.9. The number of hydrogen-bond donors (Lipinski definition) is 2. The van der Waals surface area contributed by atoms with Crippen molar-refractivity contribution < 1.29 is 19.8 Å². The van der Waals surface area contributed by atoms with Crippen molar-refractivity contribution in [2.75, 3.05) is 0 Å². The van der Waals surface area contributed by atoms with Crippen molar-refractivity contribution in [1.82, 2.24) is 0 Å². The Morgan fingerprint density at radius 2 is 1.73 bits per heavy atom. The molecule has 0 amide bonds. The normalized spacial score (nSPS) is 35.8. The van der Waals surface area contributed by atoms with Gasteiger partial charge in [-0.05, 0) is 43.4 Å². The van der Waals surface area contributed by atoms with Crippen molar-refractivity contribution in [3.63, 3.8) is 0 Å². The smallest absolute Gasteiger partial charge is 0.311 e. The van der Waals surface area contributed by atoms with E-state index < -0.39 is 22.8 Å². The van der Waals surface area contributed by atoms with Gasteiger partial charge >= 0.3 is 11.9 Å². The fourth-order valence-corrected chi connectivity index (χ4v) is 4.53. The second kappa shape index (κ2) is 6.21. The van der Waals surface area contributed by atoms with Gasteiger partial charge in [0.25, 0.3) is 0 Å². The van der Waals surface area contributed by atoms with E-state index in [4.69, 9.17) is 0 Å². The predicted molar refractivity (Wildman–Crippen MR) is 86.7 cm³/mol. The zero-order chi connectivity index (χ0) is 17.3. The maximum atomic E-state index is 12.3. The topological polar surface area (TPSA) is 74.6 Å². The first kappa shape index (κ1) is 19.0. The molecule has 0 aromatic carbocycles. The SMILES string of the molecule is CCCCC(C)C1(C(=O)O)CC(C)C(C)(C)CC1(C)C(=O)O. The molecule has 4 nitrogen and oxygen atoms in total. The van der Waals surface area contributed by atoms with Gasteiger partial charge in [0.1, 0.15) is 0 Å². The number of aliphatic carboxylic acids is 2. The summed E-state index contributed by atoms with van der Waals surface area (Å²) in [7, 11) is 0. The highest BCUT2D eigenvalue weighted by molar-refractivity contribution is 5.87. The highest BCUT2D eigenvalue weighted by atomic mass is 16.4. The number of rotatable bonds is 6. The number of carboxylic acid groups (broad SMARTS) is 2. The van der Waals surface area contributed by atoms with Crippen LogP contribution in [-0.4, -0.2) is 22.2 Å². The van der Waals surface area contributed by atoms with E-state index in [0.29, 0.717) is 12.8 Å². The molecule has 0 aromatic rings. The minimum atomic E-state index is -1.23. The summed E-state index contributed by atoms with van der Waals surface area (Å²) in [4.78, 5) is 24.4. The van der Waals surface area contributed by atoms with Crippen LogP contribution in [0.4, 0.5) is 0 Å². The summed E-state index contributed by atoms with van der Waals surface area (Å²) >= 11 is 0. The van der Waals surface area contributed by atoms with E-state index in [9.17, 15) is 19.8 Å². The summed E-state index contributed by atoms with van der Waals surface area (Å²) in [6.07, 6.45) is 3.52. The van der Waals surface area contributed by atoms with Crippen LogP contribution in [0.3, 0.4) is 0 Å². The average Bonchev–Trinajstić information content (AvgIpc) is 2.39. The summed E-state index contributed by atoms with van der Waals surface area (Å²) in [5.41, 5.74) is -2.60. The van der Waals surface area contributed by atoms with Gasteiger partial charge < -0.3 is 10.2 Å².